The minimum absolute atomic E-state index is 0.0407. The van der Waals surface area contributed by atoms with Crippen LogP contribution in [0.25, 0.3) is 0 Å². The second-order valence-electron chi connectivity index (χ2n) is 3.89. The Kier molecular flexibility index (Phi) is 3.73. The average molecular weight is 231 g/mol. The molecule has 3 heteroatoms. The molecule has 1 nitrogen and oxygen atoms in total. The van der Waals surface area contributed by atoms with E-state index in [0.717, 1.165) is 5.75 Å². The largest absolute Gasteiger partial charge is 0.495 e. The lowest BCUT2D eigenvalue weighted by Crippen LogP contribution is -2.18. The van der Waals surface area contributed by atoms with Crippen LogP contribution in [0.1, 0.15) is 19.4 Å². The lowest BCUT2D eigenvalue weighted by atomic mass is 9.87. The number of halogens is 1. The molecule has 0 bridgehead atoms. The van der Waals surface area contributed by atoms with E-state index in [4.69, 9.17) is 16.3 Å². The van der Waals surface area contributed by atoms with Gasteiger partial charge in [-0.05, 0) is 28.9 Å². The summed E-state index contributed by atoms with van der Waals surface area (Å²) >= 11 is 10.4. The molecule has 0 saturated carbocycles. The topological polar surface area (TPSA) is 9.23 Å². The summed E-state index contributed by atoms with van der Waals surface area (Å²) in [4.78, 5) is 0. The maximum Gasteiger partial charge on any atom is 0.137 e. The molecule has 14 heavy (non-hydrogen) atoms. The highest BCUT2D eigenvalue weighted by Gasteiger charge is 2.19. The molecular weight excluding hydrogens is 216 g/mol. The van der Waals surface area contributed by atoms with Crippen molar-refractivity contribution in [3.05, 3.63) is 28.8 Å². The van der Waals surface area contributed by atoms with E-state index >= 15 is 0 Å². The van der Waals surface area contributed by atoms with Crippen LogP contribution in [-0.4, -0.2) is 12.9 Å². The molecule has 0 amide bonds. The van der Waals surface area contributed by atoms with Crippen LogP contribution in [0.3, 0.4) is 0 Å². The van der Waals surface area contributed by atoms with Crippen molar-refractivity contribution >= 4 is 24.2 Å². The molecule has 0 aliphatic carbocycles. The Morgan fingerprint density at radius 2 is 2.07 bits per heavy atom. The van der Waals surface area contributed by atoms with Gasteiger partial charge < -0.3 is 4.74 Å². The van der Waals surface area contributed by atoms with E-state index in [0.29, 0.717) is 10.8 Å². The Morgan fingerprint density at radius 3 is 2.50 bits per heavy atom. The number of methoxy groups -OCH3 is 1. The molecule has 0 aromatic heterocycles. The van der Waals surface area contributed by atoms with Gasteiger partial charge in [-0.1, -0.05) is 31.5 Å². The van der Waals surface area contributed by atoms with Crippen LogP contribution in [0.15, 0.2) is 18.2 Å². The molecule has 0 aliphatic heterocycles. The average Bonchev–Trinajstić information content (AvgIpc) is 2.17. The minimum atomic E-state index is 0.0407. The van der Waals surface area contributed by atoms with Gasteiger partial charge in [-0.2, -0.15) is 12.6 Å². The van der Waals surface area contributed by atoms with Crippen molar-refractivity contribution in [3.8, 4) is 5.75 Å². The smallest absolute Gasteiger partial charge is 0.137 e. The number of ether oxygens (including phenoxy) is 1. The third-order valence-electron chi connectivity index (χ3n) is 2.33. The number of rotatable bonds is 3. The van der Waals surface area contributed by atoms with E-state index in [1.807, 2.05) is 18.2 Å². The standard InChI is InChI=1S/C11H15ClOS/c1-11(2,7-14)8-4-5-10(13-3)9(12)6-8/h4-6,14H,7H2,1-3H3. The van der Waals surface area contributed by atoms with Crippen molar-refractivity contribution in [1.29, 1.82) is 0 Å². The second-order valence-corrected chi connectivity index (χ2v) is 4.61. The fourth-order valence-electron chi connectivity index (χ4n) is 1.18. The van der Waals surface area contributed by atoms with Crippen LogP contribution in [0.4, 0.5) is 0 Å². The Hall–Kier alpha value is -0.340. The maximum absolute atomic E-state index is 6.04. The summed E-state index contributed by atoms with van der Waals surface area (Å²) in [5, 5.41) is 0.653. The predicted molar refractivity (Wildman–Crippen MR) is 64.9 cm³/mol. The fraction of sp³-hybridized carbons (Fsp3) is 0.455. The van der Waals surface area contributed by atoms with Gasteiger partial charge in [0, 0.05) is 0 Å². The van der Waals surface area contributed by atoms with Gasteiger partial charge in [0.05, 0.1) is 12.1 Å². The summed E-state index contributed by atoms with van der Waals surface area (Å²) in [6, 6.07) is 5.86. The molecule has 0 unspecified atom stereocenters. The highest BCUT2D eigenvalue weighted by atomic mass is 35.5. The molecule has 78 valence electrons. The van der Waals surface area contributed by atoms with E-state index in [2.05, 4.69) is 26.5 Å². The zero-order valence-corrected chi connectivity index (χ0v) is 10.3. The molecule has 1 aromatic carbocycles. The highest BCUT2D eigenvalue weighted by Crippen LogP contribution is 2.31. The van der Waals surface area contributed by atoms with Crippen molar-refractivity contribution in [1.82, 2.24) is 0 Å². The van der Waals surface area contributed by atoms with Crippen LogP contribution in [0.5, 0.6) is 5.75 Å². The monoisotopic (exact) mass is 230 g/mol. The quantitative estimate of drug-likeness (QED) is 0.782. The lowest BCUT2D eigenvalue weighted by molar-refractivity contribution is 0.414. The number of hydrogen-bond acceptors (Lipinski definition) is 2. The SMILES string of the molecule is COc1ccc(C(C)(C)CS)cc1Cl. The van der Waals surface area contributed by atoms with Gasteiger partial charge in [-0.15, -0.1) is 0 Å². The highest BCUT2D eigenvalue weighted by molar-refractivity contribution is 7.80. The number of thiol groups is 1. The predicted octanol–water partition coefficient (Wildman–Crippen LogP) is 3.56. The number of hydrogen-bond donors (Lipinski definition) is 1. The summed E-state index contributed by atoms with van der Waals surface area (Å²) in [5.74, 6) is 1.50. The summed E-state index contributed by atoms with van der Waals surface area (Å²) in [6.07, 6.45) is 0. The van der Waals surface area contributed by atoms with Crippen molar-refractivity contribution in [3.63, 3.8) is 0 Å². The summed E-state index contributed by atoms with van der Waals surface area (Å²) in [6.45, 7) is 4.27. The molecule has 1 rings (SSSR count). The van der Waals surface area contributed by atoms with Crippen molar-refractivity contribution in [2.45, 2.75) is 19.3 Å². The zero-order chi connectivity index (χ0) is 10.8. The minimum Gasteiger partial charge on any atom is -0.495 e. The van der Waals surface area contributed by atoms with Crippen LogP contribution in [-0.2, 0) is 5.41 Å². The van der Waals surface area contributed by atoms with Crippen LogP contribution < -0.4 is 4.74 Å². The molecular formula is C11H15ClOS. The first-order valence-electron chi connectivity index (χ1n) is 4.46. The molecule has 0 heterocycles. The fourth-order valence-corrected chi connectivity index (χ4v) is 1.62. The Bertz CT molecular complexity index is 323. The molecule has 0 N–H and O–H groups in total. The molecule has 0 atom stereocenters. The summed E-state index contributed by atoms with van der Waals surface area (Å²) in [5.41, 5.74) is 1.22. The first kappa shape index (κ1) is 11.7. The molecule has 0 aliphatic rings. The van der Waals surface area contributed by atoms with Gasteiger partial charge in [0.2, 0.25) is 0 Å². The van der Waals surface area contributed by atoms with Gasteiger partial charge in [-0.3, -0.25) is 0 Å². The first-order chi connectivity index (χ1) is 6.51. The molecule has 0 spiro atoms. The third kappa shape index (κ3) is 2.37. The van der Waals surface area contributed by atoms with Crippen LogP contribution in [0, 0.1) is 0 Å². The second kappa shape index (κ2) is 4.45. The van der Waals surface area contributed by atoms with Gasteiger partial charge >= 0.3 is 0 Å². The van der Waals surface area contributed by atoms with Gasteiger partial charge in [0.25, 0.3) is 0 Å². The van der Waals surface area contributed by atoms with Gasteiger partial charge in [0.15, 0.2) is 0 Å². The van der Waals surface area contributed by atoms with Crippen molar-refractivity contribution < 1.29 is 4.74 Å². The van der Waals surface area contributed by atoms with Crippen LogP contribution in [0.2, 0.25) is 5.02 Å². The Morgan fingerprint density at radius 1 is 1.43 bits per heavy atom. The van der Waals surface area contributed by atoms with E-state index in [-0.39, 0.29) is 5.41 Å². The van der Waals surface area contributed by atoms with Gasteiger partial charge in [0.1, 0.15) is 5.75 Å². The molecule has 0 fully saturated rings. The number of benzene rings is 1. The van der Waals surface area contributed by atoms with E-state index < -0.39 is 0 Å². The van der Waals surface area contributed by atoms with E-state index in [1.165, 1.54) is 5.56 Å². The zero-order valence-electron chi connectivity index (χ0n) is 8.67. The summed E-state index contributed by atoms with van der Waals surface area (Å²) in [7, 11) is 1.62. The van der Waals surface area contributed by atoms with Crippen molar-refractivity contribution in [2.24, 2.45) is 0 Å². The lowest BCUT2D eigenvalue weighted by Gasteiger charge is -2.23. The van der Waals surface area contributed by atoms with Crippen molar-refractivity contribution in [2.75, 3.05) is 12.9 Å². The molecule has 0 saturated heterocycles. The third-order valence-corrected chi connectivity index (χ3v) is 3.41. The Labute approximate surface area is 95.8 Å². The van der Waals surface area contributed by atoms with E-state index in [9.17, 15) is 0 Å². The Balaban J connectivity index is 3.08. The summed E-state index contributed by atoms with van der Waals surface area (Å²) < 4.78 is 5.10. The maximum atomic E-state index is 6.04. The van der Waals surface area contributed by atoms with Crippen LogP contribution >= 0.6 is 24.2 Å². The molecule has 1 aromatic rings. The first-order valence-corrected chi connectivity index (χ1v) is 5.47. The molecule has 0 radical (unpaired) electrons. The normalized spacial score (nSPS) is 11.5. The van der Waals surface area contributed by atoms with Gasteiger partial charge in [-0.25, -0.2) is 0 Å². The van der Waals surface area contributed by atoms with E-state index in [1.54, 1.807) is 7.11 Å².